The predicted octanol–water partition coefficient (Wildman–Crippen LogP) is 2.25. The lowest BCUT2D eigenvalue weighted by Crippen LogP contribution is -2.62. The van der Waals surface area contributed by atoms with Crippen molar-refractivity contribution in [2.24, 2.45) is 5.73 Å². The van der Waals surface area contributed by atoms with Gasteiger partial charge < -0.3 is 19.9 Å². The summed E-state index contributed by atoms with van der Waals surface area (Å²) in [7, 11) is -3.38. The Balaban J connectivity index is 4.33. The van der Waals surface area contributed by atoms with Crippen molar-refractivity contribution in [1.82, 2.24) is 5.32 Å². The van der Waals surface area contributed by atoms with Crippen molar-refractivity contribution >= 4 is 15.7 Å². The van der Waals surface area contributed by atoms with E-state index in [0.29, 0.717) is 6.54 Å². The third-order valence-electron chi connectivity index (χ3n) is 3.33. The van der Waals surface area contributed by atoms with E-state index in [1.807, 2.05) is 0 Å². The molecule has 0 aromatic heterocycles. The molecule has 0 fully saturated rings. The summed E-state index contributed by atoms with van der Waals surface area (Å²) in [5.74, 6) is 0. The second kappa shape index (κ2) is 10.1. The van der Waals surface area contributed by atoms with Gasteiger partial charge in [0, 0.05) is 26.3 Å². The number of hydrogen-bond acceptors (Lipinski definition) is 4. The fraction of sp³-hybridized carbons (Fsp3) is 1.00. The Kier molecular flexibility index (Phi) is 10.2. The normalized spacial score (nSPS) is 12.9. The second-order valence-electron chi connectivity index (χ2n) is 5.86. The van der Waals surface area contributed by atoms with Crippen molar-refractivity contribution in [2.45, 2.75) is 52.4 Å². The highest BCUT2D eigenvalue weighted by Crippen LogP contribution is 2.28. The molecule has 0 atom stereocenters. The topological polar surface area (TPSA) is 56.5 Å². The van der Waals surface area contributed by atoms with Gasteiger partial charge in [0.15, 0.2) is 0 Å². The molecule has 0 radical (unpaired) electrons. The largest absolute Gasteiger partial charge is 0.397 e. The minimum Gasteiger partial charge on any atom is -0.397 e. The molecule has 0 rings (SSSR count). The first-order valence-electron chi connectivity index (χ1n) is 7.62. The molecule has 0 aromatic rings. The minimum atomic E-state index is -1.98. The van der Waals surface area contributed by atoms with E-state index in [4.69, 9.17) is 14.6 Å². The quantitative estimate of drug-likeness (QED) is 0.429. The van der Waals surface area contributed by atoms with Gasteiger partial charge in [-0.1, -0.05) is 26.1 Å². The van der Waals surface area contributed by atoms with Gasteiger partial charge in [0.1, 0.15) is 7.59 Å². The van der Waals surface area contributed by atoms with Crippen LogP contribution in [0.3, 0.4) is 0 Å². The zero-order valence-electron chi connectivity index (χ0n) is 13.6. The summed E-state index contributed by atoms with van der Waals surface area (Å²) in [5.41, 5.74) is 5.46. The zero-order chi connectivity index (χ0) is 14.8. The monoisotopic (exact) mass is 306 g/mol. The van der Waals surface area contributed by atoms with Gasteiger partial charge in [-0.05, 0) is 32.9 Å². The van der Waals surface area contributed by atoms with Crippen LogP contribution in [0.1, 0.15) is 26.7 Å². The molecule has 0 spiro atoms. The molecule has 0 aromatic carbocycles. The van der Waals surface area contributed by atoms with Crippen molar-refractivity contribution in [2.75, 3.05) is 32.8 Å². The van der Waals surface area contributed by atoms with Crippen molar-refractivity contribution < 1.29 is 8.85 Å². The van der Waals surface area contributed by atoms with Crippen LogP contribution in [0.15, 0.2) is 0 Å². The fourth-order valence-electron chi connectivity index (χ4n) is 2.30. The Labute approximate surface area is 121 Å². The minimum absolute atomic E-state index is 0.714. The first-order valence-corrected chi connectivity index (χ1v) is 14.1. The van der Waals surface area contributed by atoms with E-state index in [2.05, 4.69) is 38.8 Å². The second-order valence-corrected chi connectivity index (χ2v) is 19.7. The average Bonchev–Trinajstić information content (AvgIpc) is 2.32. The maximum absolute atomic E-state index is 6.20. The molecule has 6 heteroatoms. The van der Waals surface area contributed by atoms with E-state index in [1.165, 1.54) is 12.8 Å². The third kappa shape index (κ3) is 7.01. The van der Waals surface area contributed by atoms with Crippen molar-refractivity contribution in [1.29, 1.82) is 0 Å². The summed E-state index contributed by atoms with van der Waals surface area (Å²) in [6, 6.07) is 1.13. The number of nitrogens with one attached hydrogen (secondary N) is 1. The number of unbranched alkanes of at least 4 members (excludes halogenated alkanes) is 1. The fourth-order valence-corrected chi connectivity index (χ4v) is 12.2. The highest BCUT2D eigenvalue weighted by Gasteiger charge is 2.49. The summed E-state index contributed by atoms with van der Waals surface area (Å²) in [4.78, 5) is 0. The summed E-state index contributed by atoms with van der Waals surface area (Å²) in [6.45, 7) is 15.6. The lowest BCUT2D eigenvalue weighted by Gasteiger charge is -2.39. The lowest BCUT2D eigenvalue weighted by molar-refractivity contribution is 0.199. The van der Waals surface area contributed by atoms with Gasteiger partial charge >= 0.3 is 8.08 Å². The van der Waals surface area contributed by atoms with Crippen LogP contribution in [0.25, 0.3) is 0 Å². The predicted molar refractivity (Wildman–Crippen MR) is 88.3 cm³/mol. The summed E-state index contributed by atoms with van der Waals surface area (Å²) in [6.07, 6.45) is 2.37. The Bertz CT molecular complexity index is 217. The van der Waals surface area contributed by atoms with E-state index < -0.39 is 15.7 Å². The van der Waals surface area contributed by atoms with Crippen LogP contribution < -0.4 is 11.1 Å². The van der Waals surface area contributed by atoms with Crippen LogP contribution in [0.4, 0.5) is 0 Å². The SMILES string of the molecule is CCO[Si](CCCCNCCN)(OCC)[Si](C)(C)C. The molecular formula is C13H34N2O2Si2. The maximum Gasteiger partial charge on any atom is 0.315 e. The van der Waals surface area contributed by atoms with Crippen LogP contribution in [0.2, 0.25) is 25.7 Å². The molecule has 0 aliphatic heterocycles. The van der Waals surface area contributed by atoms with Gasteiger partial charge in [-0.15, -0.1) is 0 Å². The molecule has 0 unspecified atom stereocenters. The first kappa shape index (κ1) is 19.3. The van der Waals surface area contributed by atoms with E-state index in [0.717, 1.165) is 32.3 Å². The molecule has 0 saturated heterocycles. The van der Waals surface area contributed by atoms with Crippen LogP contribution in [-0.4, -0.2) is 48.5 Å². The van der Waals surface area contributed by atoms with Crippen LogP contribution in [0.5, 0.6) is 0 Å². The Morgan fingerprint density at radius 2 is 1.53 bits per heavy atom. The Morgan fingerprint density at radius 1 is 0.947 bits per heavy atom. The van der Waals surface area contributed by atoms with E-state index in [-0.39, 0.29) is 0 Å². The van der Waals surface area contributed by atoms with Crippen molar-refractivity contribution in [3.63, 3.8) is 0 Å². The van der Waals surface area contributed by atoms with Crippen LogP contribution >= 0.6 is 0 Å². The average molecular weight is 307 g/mol. The van der Waals surface area contributed by atoms with Crippen LogP contribution in [-0.2, 0) is 8.85 Å². The summed E-state index contributed by atoms with van der Waals surface area (Å²) < 4.78 is 12.4. The molecule has 19 heavy (non-hydrogen) atoms. The molecule has 116 valence electrons. The molecule has 0 aliphatic carbocycles. The highest BCUT2D eigenvalue weighted by atomic mass is 29.3. The molecule has 3 N–H and O–H groups in total. The van der Waals surface area contributed by atoms with Gasteiger partial charge in [0.25, 0.3) is 0 Å². The molecule has 0 heterocycles. The van der Waals surface area contributed by atoms with E-state index in [9.17, 15) is 0 Å². The van der Waals surface area contributed by atoms with Crippen molar-refractivity contribution in [3.8, 4) is 0 Å². The van der Waals surface area contributed by atoms with E-state index in [1.54, 1.807) is 0 Å². The van der Waals surface area contributed by atoms with Crippen LogP contribution in [0, 0.1) is 0 Å². The number of rotatable bonds is 12. The molecule has 0 bridgehead atoms. The maximum atomic E-state index is 6.20. The standard InChI is InChI=1S/C13H34N2O2Si2/c1-6-16-19(17-7-2,18(3,4)5)13-9-8-11-15-12-10-14/h15H,6-14H2,1-5H3. The van der Waals surface area contributed by atoms with Crippen molar-refractivity contribution in [3.05, 3.63) is 0 Å². The summed E-state index contributed by atoms with van der Waals surface area (Å²) >= 11 is 0. The third-order valence-corrected chi connectivity index (χ3v) is 16.6. The van der Waals surface area contributed by atoms with E-state index >= 15 is 0 Å². The zero-order valence-corrected chi connectivity index (χ0v) is 15.6. The van der Waals surface area contributed by atoms with Gasteiger partial charge in [-0.3, -0.25) is 0 Å². The highest BCUT2D eigenvalue weighted by molar-refractivity contribution is 7.36. The Morgan fingerprint density at radius 3 is 1.95 bits per heavy atom. The van der Waals surface area contributed by atoms with Gasteiger partial charge in [-0.2, -0.15) is 0 Å². The molecule has 0 saturated carbocycles. The number of hydrogen-bond donors (Lipinski definition) is 2. The molecule has 0 amide bonds. The van der Waals surface area contributed by atoms with Gasteiger partial charge in [-0.25, -0.2) is 0 Å². The van der Waals surface area contributed by atoms with Gasteiger partial charge in [0.2, 0.25) is 0 Å². The molecular weight excluding hydrogens is 272 g/mol. The molecule has 0 aliphatic rings. The lowest BCUT2D eigenvalue weighted by atomic mass is 10.3. The summed E-state index contributed by atoms with van der Waals surface area (Å²) in [5, 5.41) is 3.34. The smallest absolute Gasteiger partial charge is 0.315 e. The number of nitrogens with two attached hydrogens (primary N) is 1. The first-order chi connectivity index (χ1) is 8.93. The Hall–Kier alpha value is 0.274. The molecule has 4 nitrogen and oxygen atoms in total. The van der Waals surface area contributed by atoms with Gasteiger partial charge in [0.05, 0.1) is 0 Å².